The van der Waals surface area contributed by atoms with Crippen molar-refractivity contribution >= 4 is 39.1 Å². The summed E-state index contributed by atoms with van der Waals surface area (Å²) in [4.78, 5) is 24.9. The van der Waals surface area contributed by atoms with Gasteiger partial charge in [-0.05, 0) is 54.8 Å². The van der Waals surface area contributed by atoms with Gasteiger partial charge < -0.3 is 10.6 Å². The number of aryl methyl sites for hydroxylation is 1. The quantitative estimate of drug-likeness (QED) is 0.673. The summed E-state index contributed by atoms with van der Waals surface area (Å²) in [6.07, 6.45) is 0. The number of nitrogens with zero attached hydrogens (tertiary/aromatic N) is 1. The van der Waals surface area contributed by atoms with Gasteiger partial charge in [0, 0.05) is 31.9 Å². The van der Waals surface area contributed by atoms with Crippen LogP contribution in [-0.2, 0) is 10.0 Å². The van der Waals surface area contributed by atoms with Crippen molar-refractivity contribution in [1.82, 2.24) is 9.62 Å². The number of nitrogens with one attached hydrogen (secondary N) is 2. The topological polar surface area (TPSA) is 95.6 Å². The van der Waals surface area contributed by atoms with Gasteiger partial charge in [0.25, 0.3) is 11.8 Å². The molecule has 2 aromatic rings. The van der Waals surface area contributed by atoms with Crippen molar-refractivity contribution in [2.24, 2.45) is 5.92 Å². The van der Waals surface area contributed by atoms with Gasteiger partial charge in [-0.25, -0.2) is 12.7 Å². The van der Waals surface area contributed by atoms with E-state index in [0.29, 0.717) is 29.3 Å². The predicted octanol–water partition coefficient (Wildman–Crippen LogP) is 3.54. The average molecular weight is 452 g/mol. The van der Waals surface area contributed by atoms with Crippen molar-refractivity contribution in [1.29, 1.82) is 0 Å². The van der Waals surface area contributed by atoms with E-state index in [4.69, 9.17) is 11.6 Å². The average Bonchev–Trinajstić information content (AvgIpc) is 2.67. The Balaban J connectivity index is 2.25. The third-order valence-corrected chi connectivity index (χ3v) is 6.51. The number of amides is 2. The lowest BCUT2D eigenvalue weighted by atomic mass is 10.1. The van der Waals surface area contributed by atoms with Crippen LogP contribution in [0.5, 0.6) is 0 Å². The van der Waals surface area contributed by atoms with Crippen molar-refractivity contribution in [3.8, 4) is 0 Å². The molecule has 9 heteroatoms. The number of sulfonamides is 1. The van der Waals surface area contributed by atoms with Crippen molar-refractivity contribution in [3.05, 3.63) is 58.1 Å². The Labute approximate surface area is 182 Å². The summed E-state index contributed by atoms with van der Waals surface area (Å²) < 4.78 is 25.7. The first-order valence-corrected chi connectivity index (χ1v) is 11.2. The molecular weight excluding hydrogens is 426 g/mol. The molecule has 2 amide bonds. The van der Waals surface area contributed by atoms with Crippen LogP contribution in [0, 0.1) is 12.8 Å². The molecule has 0 atom stereocenters. The minimum Gasteiger partial charge on any atom is -0.352 e. The van der Waals surface area contributed by atoms with E-state index in [1.165, 1.54) is 32.3 Å². The minimum absolute atomic E-state index is 0.0315. The van der Waals surface area contributed by atoms with Gasteiger partial charge in [0.15, 0.2) is 0 Å². The fourth-order valence-electron chi connectivity index (χ4n) is 2.58. The van der Waals surface area contributed by atoms with Gasteiger partial charge in [0.05, 0.1) is 15.5 Å². The van der Waals surface area contributed by atoms with Gasteiger partial charge in [-0.1, -0.05) is 25.4 Å². The van der Waals surface area contributed by atoms with Crippen LogP contribution in [0.2, 0.25) is 5.02 Å². The summed E-state index contributed by atoms with van der Waals surface area (Å²) in [6, 6.07) is 8.90. The Hall–Kier alpha value is -2.42. The summed E-state index contributed by atoms with van der Waals surface area (Å²) in [5.74, 6) is -0.393. The summed E-state index contributed by atoms with van der Waals surface area (Å²) in [7, 11) is -0.890. The molecule has 162 valence electrons. The predicted molar refractivity (Wildman–Crippen MR) is 119 cm³/mol. The first-order valence-electron chi connectivity index (χ1n) is 9.35. The Morgan fingerprint density at radius 2 is 1.73 bits per heavy atom. The van der Waals surface area contributed by atoms with E-state index in [-0.39, 0.29) is 21.4 Å². The molecule has 0 aliphatic rings. The molecule has 0 unspecified atom stereocenters. The zero-order valence-electron chi connectivity index (χ0n) is 17.6. The Kier molecular flexibility index (Phi) is 7.63. The molecule has 0 saturated heterocycles. The van der Waals surface area contributed by atoms with Crippen LogP contribution in [0.4, 0.5) is 5.69 Å². The number of hydrogen-bond acceptors (Lipinski definition) is 4. The van der Waals surface area contributed by atoms with E-state index in [1.54, 1.807) is 25.1 Å². The maximum atomic E-state index is 12.7. The number of halogens is 1. The molecular formula is C21H26ClN3O4S. The van der Waals surface area contributed by atoms with Gasteiger partial charge in [0.2, 0.25) is 10.0 Å². The van der Waals surface area contributed by atoms with Crippen LogP contribution in [0.1, 0.15) is 40.1 Å². The van der Waals surface area contributed by atoms with Gasteiger partial charge >= 0.3 is 0 Å². The maximum absolute atomic E-state index is 12.7. The summed E-state index contributed by atoms with van der Waals surface area (Å²) in [6.45, 7) is 6.35. The number of anilines is 1. The van der Waals surface area contributed by atoms with E-state index in [0.717, 1.165) is 4.31 Å². The van der Waals surface area contributed by atoms with E-state index < -0.39 is 15.9 Å². The highest BCUT2D eigenvalue weighted by Gasteiger charge is 2.21. The molecule has 0 aliphatic carbocycles. The first kappa shape index (κ1) is 23.9. The monoisotopic (exact) mass is 451 g/mol. The number of hydrogen-bond donors (Lipinski definition) is 2. The molecule has 2 aromatic carbocycles. The number of carbonyl (C=O) groups excluding carboxylic acids is 2. The lowest BCUT2D eigenvalue weighted by Crippen LogP contribution is -2.27. The molecule has 0 fully saturated rings. The fraction of sp³-hybridized carbons (Fsp3) is 0.333. The molecule has 0 aromatic heterocycles. The van der Waals surface area contributed by atoms with Crippen LogP contribution in [-0.4, -0.2) is 45.2 Å². The second kappa shape index (κ2) is 9.59. The molecule has 0 heterocycles. The van der Waals surface area contributed by atoms with Crippen molar-refractivity contribution in [2.45, 2.75) is 25.7 Å². The lowest BCUT2D eigenvalue weighted by molar-refractivity contribution is 0.0948. The van der Waals surface area contributed by atoms with E-state index in [1.807, 2.05) is 13.8 Å². The van der Waals surface area contributed by atoms with E-state index in [2.05, 4.69) is 10.6 Å². The standard InChI is InChI=1S/C21H26ClN3O4S/c1-13(2)12-23-20(26)15-6-9-19(14(3)10-15)24-21(27)17-11-16(7-8-18(17)22)30(28,29)25(4)5/h6-11,13H,12H2,1-5H3,(H,23,26)(H,24,27). The Morgan fingerprint density at radius 3 is 2.30 bits per heavy atom. The molecule has 0 radical (unpaired) electrons. The van der Waals surface area contributed by atoms with Crippen LogP contribution in [0.3, 0.4) is 0 Å². The molecule has 30 heavy (non-hydrogen) atoms. The fourth-order valence-corrected chi connectivity index (χ4v) is 3.72. The molecule has 0 bridgehead atoms. The highest BCUT2D eigenvalue weighted by molar-refractivity contribution is 7.89. The van der Waals surface area contributed by atoms with Gasteiger partial charge in [-0.15, -0.1) is 0 Å². The van der Waals surface area contributed by atoms with Gasteiger partial charge in [0.1, 0.15) is 0 Å². The maximum Gasteiger partial charge on any atom is 0.257 e. The van der Waals surface area contributed by atoms with E-state index in [9.17, 15) is 18.0 Å². The lowest BCUT2D eigenvalue weighted by Gasteiger charge is -2.14. The SMILES string of the molecule is Cc1cc(C(=O)NCC(C)C)ccc1NC(=O)c1cc(S(=O)(=O)N(C)C)ccc1Cl. The van der Waals surface area contributed by atoms with Crippen molar-refractivity contribution < 1.29 is 18.0 Å². The van der Waals surface area contributed by atoms with Gasteiger partial charge in [-0.3, -0.25) is 9.59 Å². The minimum atomic E-state index is -3.71. The van der Waals surface area contributed by atoms with Gasteiger partial charge in [-0.2, -0.15) is 0 Å². The Morgan fingerprint density at radius 1 is 1.07 bits per heavy atom. The zero-order chi connectivity index (χ0) is 22.6. The van der Waals surface area contributed by atoms with Crippen molar-refractivity contribution in [3.63, 3.8) is 0 Å². The molecule has 0 spiro atoms. The highest BCUT2D eigenvalue weighted by atomic mass is 35.5. The van der Waals surface area contributed by atoms with Crippen LogP contribution in [0.25, 0.3) is 0 Å². The summed E-state index contributed by atoms with van der Waals surface area (Å²) >= 11 is 6.13. The third-order valence-electron chi connectivity index (χ3n) is 4.37. The van der Waals surface area contributed by atoms with Crippen LogP contribution in [0.15, 0.2) is 41.3 Å². The number of carbonyl (C=O) groups is 2. The second-order valence-corrected chi connectivity index (χ2v) is 10.1. The van der Waals surface area contributed by atoms with Crippen molar-refractivity contribution in [2.75, 3.05) is 26.0 Å². The molecule has 0 saturated carbocycles. The van der Waals surface area contributed by atoms with E-state index >= 15 is 0 Å². The number of rotatable bonds is 7. The smallest absolute Gasteiger partial charge is 0.257 e. The van der Waals surface area contributed by atoms with Crippen LogP contribution < -0.4 is 10.6 Å². The summed E-state index contributed by atoms with van der Waals surface area (Å²) in [5.41, 5.74) is 1.71. The first-order chi connectivity index (χ1) is 13.9. The summed E-state index contributed by atoms with van der Waals surface area (Å²) in [5, 5.41) is 5.70. The largest absolute Gasteiger partial charge is 0.352 e. The third kappa shape index (κ3) is 5.59. The number of benzene rings is 2. The van der Waals surface area contributed by atoms with Crippen LogP contribution >= 0.6 is 11.6 Å². The molecule has 0 aliphatic heterocycles. The Bertz CT molecular complexity index is 1070. The zero-order valence-corrected chi connectivity index (χ0v) is 19.2. The molecule has 7 nitrogen and oxygen atoms in total. The molecule has 2 rings (SSSR count). The molecule has 2 N–H and O–H groups in total. The normalized spacial score (nSPS) is 11.6. The second-order valence-electron chi connectivity index (χ2n) is 7.52. The highest BCUT2D eigenvalue weighted by Crippen LogP contribution is 2.24.